The lowest BCUT2D eigenvalue weighted by atomic mass is 10.1. The first-order valence-corrected chi connectivity index (χ1v) is 8.57. The summed E-state index contributed by atoms with van der Waals surface area (Å²) >= 11 is 1.39. The Bertz CT molecular complexity index is 683. The monoisotopic (exact) mass is 365 g/mol. The summed E-state index contributed by atoms with van der Waals surface area (Å²) in [7, 11) is 0. The van der Waals surface area contributed by atoms with Gasteiger partial charge in [0.05, 0.1) is 4.88 Å². The molecule has 128 valence electrons. The highest BCUT2D eigenvalue weighted by molar-refractivity contribution is 7.12. The molecule has 0 saturated carbocycles. The predicted molar refractivity (Wildman–Crippen MR) is 99.4 cm³/mol. The Hall–Kier alpha value is -1.89. The van der Waals surface area contributed by atoms with Crippen molar-refractivity contribution in [2.45, 2.75) is 6.42 Å². The van der Waals surface area contributed by atoms with Crippen molar-refractivity contribution in [2.75, 3.05) is 31.5 Å². The molecule has 2 amide bonds. The second-order valence-corrected chi connectivity index (χ2v) is 6.36. The number of nitrogens with one attached hydrogen (secondary N) is 2. The van der Waals surface area contributed by atoms with Gasteiger partial charge in [-0.1, -0.05) is 12.1 Å². The third kappa shape index (κ3) is 4.56. The highest BCUT2D eigenvalue weighted by atomic mass is 35.5. The fourth-order valence-electron chi connectivity index (χ4n) is 2.56. The number of hydrogen-bond donors (Lipinski definition) is 2. The second-order valence-electron chi connectivity index (χ2n) is 5.41. The van der Waals surface area contributed by atoms with Crippen molar-refractivity contribution in [1.29, 1.82) is 0 Å². The van der Waals surface area contributed by atoms with Gasteiger partial charge < -0.3 is 15.5 Å². The molecule has 1 aromatic heterocycles. The number of rotatable bonds is 3. The number of hydrogen-bond acceptors (Lipinski definition) is 4. The van der Waals surface area contributed by atoms with Crippen molar-refractivity contribution in [3.63, 3.8) is 0 Å². The molecule has 1 aromatic carbocycles. The van der Waals surface area contributed by atoms with E-state index in [4.69, 9.17) is 0 Å². The van der Waals surface area contributed by atoms with Crippen molar-refractivity contribution in [2.24, 2.45) is 0 Å². The number of amides is 2. The zero-order valence-electron chi connectivity index (χ0n) is 13.2. The van der Waals surface area contributed by atoms with Gasteiger partial charge in [0.2, 0.25) is 0 Å². The molecule has 7 heteroatoms. The maximum atomic E-state index is 12.6. The summed E-state index contributed by atoms with van der Waals surface area (Å²) in [6, 6.07) is 10.7. The van der Waals surface area contributed by atoms with Crippen LogP contribution in [0.25, 0.3) is 0 Å². The highest BCUT2D eigenvalue weighted by Gasteiger charge is 2.17. The molecule has 2 heterocycles. The molecule has 2 N–H and O–H groups in total. The van der Waals surface area contributed by atoms with Gasteiger partial charge in [-0.25, -0.2) is 0 Å². The Morgan fingerprint density at radius 2 is 2.00 bits per heavy atom. The Morgan fingerprint density at radius 1 is 1.12 bits per heavy atom. The van der Waals surface area contributed by atoms with Gasteiger partial charge >= 0.3 is 0 Å². The topological polar surface area (TPSA) is 61.4 Å². The Morgan fingerprint density at radius 3 is 2.79 bits per heavy atom. The summed E-state index contributed by atoms with van der Waals surface area (Å²) in [5.41, 5.74) is 1.25. The minimum atomic E-state index is -0.149. The van der Waals surface area contributed by atoms with E-state index in [0.29, 0.717) is 22.7 Å². The summed E-state index contributed by atoms with van der Waals surface area (Å²) in [5, 5.41) is 7.99. The van der Waals surface area contributed by atoms with E-state index >= 15 is 0 Å². The largest absolute Gasteiger partial charge is 0.337 e. The van der Waals surface area contributed by atoms with Gasteiger partial charge in [-0.15, -0.1) is 23.7 Å². The second kappa shape index (κ2) is 8.82. The van der Waals surface area contributed by atoms with Crippen LogP contribution in [0.1, 0.15) is 26.5 Å². The lowest BCUT2D eigenvalue weighted by Crippen LogP contribution is -2.34. The Labute approximate surface area is 151 Å². The number of nitrogens with zero attached hydrogens (tertiary/aromatic N) is 1. The minimum absolute atomic E-state index is 0. The van der Waals surface area contributed by atoms with Crippen molar-refractivity contribution in [1.82, 2.24) is 10.2 Å². The van der Waals surface area contributed by atoms with E-state index in [9.17, 15) is 9.59 Å². The third-order valence-electron chi connectivity index (χ3n) is 3.74. The van der Waals surface area contributed by atoms with Gasteiger partial charge in [-0.3, -0.25) is 9.59 Å². The van der Waals surface area contributed by atoms with Crippen LogP contribution in [-0.4, -0.2) is 42.9 Å². The van der Waals surface area contributed by atoms with Crippen molar-refractivity contribution in [3.05, 3.63) is 52.2 Å². The molecular formula is C17H20ClN3O2S. The summed E-state index contributed by atoms with van der Waals surface area (Å²) < 4.78 is 0. The van der Waals surface area contributed by atoms with Gasteiger partial charge in [0.1, 0.15) is 0 Å². The smallest absolute Gasteiger partial charge is 0.265 e. The summed E-state index contributed by atoms with van der Waals surface area (Å²) in [5.74, 6) is -0.135. The maximum Gasteiger partial charge on any atom is 0.265 e. The zero-order chi connectivity index (χ0) is 16.1. The number of carbonyl (C=O) groups excluding carboxylic acids is 2. The normalized spacial score (nSPS) is 14.4. The molecule has 0 radical (unpaired) electrons. The summed E-state index contributed by atoms with van der Waals surface area (Å²) in [6.45, 7) is 3.24. The quantitative estimate of drug-likeness (QED) is 0.879. The number of carbonyl (C=O) groups is 2. The number of anilines is 1. The van der Waals surface area contributed by atoms with Crippen LogP contribution in [0, 0.1) is 0 Å². The van der Waals surface area contributed by atoms with Gasteiger partial charge in [-0.05, 0) is 42.6 Å². The molecule has 3 rings (SSSR count). The average molecular weight is 366 g/mol. The SMILES string of the molecule is Cl.O=C(Nc1cccc(C(=O)N2CCCNCC2)c1)c1cccs1. The van der Waals surface area contributed by atoms with Crippen LogP contribution in [0.4, 0.5) is 5.69 Å². The Balaban J connectivity index is 0.00000208. The first kappa shape index (κ1) is 18.4. The molecule has 24 heavy (non-hydrogen) atoms. The summed E-state index contributed by atoms with van der Waals surface area (Å²) in [6.07, 6.45) is 0.959. The lowest BCUT2D eigenvalue weighted by Gasteiger charge is -2.20. The average Bonchev–Trinajstić information content (AvgIpc) is 2.97. The van der Waals surface area contributed by atoms with Crippen LogP contribution < -0.4 is 10.6 Å². The summed E-state index contributed by atoms with van der Waals surface area (Å²) in [4.78, 5) is 27.2. The van der Waals surface area contributed by atoms with E-state index in [-0.39, 0.29) is 24.2 Å². The zero-order valence-corrected chi connectivity index (χ0v) is 14.8. The van der Waals surface area contributed by atoms with Crippen molar-refractivity contribution < 1.29 is 9.59 Å². The van der Waals surface area contributed by atoms with Crippen molar-refractivity contribution in [3.8, 4) is 0 Å². The lowest BCUT2D eigenvalue weighted by molar-refractivity contribution is 0.0766. The predicted octanol–water partition coefficient (Wildman–Crippen LogP) is 2.86. The molecule has 1 fully saturated rings. The first-order chi connectivity index (χ1) is 11.2. The van der Waals surface area contributed by atoms with Gasteiger partial charge in [0.15, 0.2) is 0 Å². The van der Waals surface area contributed by atoms with Crippen LogP contribution in [-0.2, 0) is 0 Å². The minimum Gasteiger partial charge on any atom is -0.337 e. The molecule has 1 aliphatic heterocycles. The van der Waals surface area contributed by atoms with E-state index in [1.165, 1.54) is 11.3 Å². The molecule has 5 nitrogen and oxygen atoms in total. The maximum absolute atomic E-state index is 12.6. The van der Waals surface area contributed by atoms with Crippen LogP contribution in [0.2, 0.25) is 0 Å². The van der Waals surface area contributed by atoms with Gasteiger partial charge in [-0.2, -0.15) is 0 Å². The van der Waals surface area contributed by atoms with Gasteiger partial charge in [0, 0.05) is 30.9 Å². The van der Waals surface area contributed by atoms with Crippen LogP contribution >= 0.6 is 23.7 Å². The van der Waals surface area contributed by atoms with E-state index < -0.39 is 0 Å². The molecule has 0 spiro atoms. The fourth-order valence-corrected chi connectivity index (χ4v) is 3.18. The van der Waals surface area contributed by atoms with E-state index in [1.54, 1.807) is 30.3 Å². The Kier molecular flexibility index (Phi) is 6.78. The molecule has 0 atom stereocenters. The third-order valence-corrected chi connectivity index (χ3v) is 4.61. The fraction of sp³-hybridized carbons (Fsp3) is 0.294. The number of benzene rings is 1. The van der Waals surface area contributed by atoms with E-state index in [2.05, 4.69) is 10.6 Å². The molecule has 1 saturated heterocycles. The highest BCUT2D eigenvalue weighted by Crippen LogP contribution is 2.16. The molecule has 0 unspecified atom stereocenters. The molecule has 0 bridgehead atoms. The molecular weight excluding hydrogens is 346 g/mol. The number of thiophene rings is 1. The number of halogens is 1. The molecule has 2 aromatic rings. The van der Waals surface area contributed by atoms with E-state index in [0.717, 1.165) is 26.1 Å². The van der Waals surface area contributed by atoms with Crippen LogP contribution in [0.5, 0.6) is 0 Å². The molecule has 1 aliphatic rings. The van der Waals surface area contributed by atoms with E-state index in [1.807, 2.05) is 16.3 Å². The first-order valence-electron chi connectivity index (χ1n) is 7.69. The molecule has 0 aliphatic carbocycles. The van der Waals surface area contributed by atoms with Crippen LogP contribution in [0.15, 0.2) is 41.8 Å². The standard InChI is InChI=1S/C17H19N3O2S.ClH/c21-16(15-6-2-11-23-15)19-14-5-1-4-13(12-14)17(22)20-9-3-7-18-8-10-20;/h1-2,4-6,11-12,18H,3,7-10H2,(H,19,21);1H. The van der Waals surface area contributed by atoms with Gasteiger partial charge in [0.25, 0.3) is 11.8 Å². The van der Waals surface area contributed by atoms with Crippen molar-refractivity contribution >= 4 is 41.2 Å². The van der Waals surface area contributed by atoms with Crippen LogP contribution in [0.3, 0.4) is 0 Å².